The van der Waals surface area contributed by atoms with Gasteiger partial charge in [-0.3, -0.25) is 19.2 Å². The number of hydrogen-bond acceptors (Lipinski definition) is 7. The number of primary amides is 2. The molecule has 41 heavy (non-hydrogen) atoms. The molecule has 2 heterocycles. The standard InChI is InChI=1S/C30H43N5O5S/c1-18-26(41-17-34-18)20-12-10-19(11-13-20)15-33-28(39)23-14-21(36)16-35(23)29(40)25(30(2,3)4)22(27(32)38)8-6-5-7-9-24(31)37/h10-13,17,21-23,25,36H,5-9,14-16H2,1-4H3,(H2,31,37)(H2,32,38)(H,33,39)/t21-,22?,23+,25-/m1/s1. The minimum atomic E-state index is -0.856. The Hall–Kier alpha value is -3.31. The zero-order valence-electron chi connectivity index (χ0n) is 24.4. The normalized spacial score (nSPS) is 18.6. The van der Waals surface area contributed by atoms with Gasteiger partial charge in [-0.1, -0.05) is 57.9 Å². The molecule has 0 spiro atoms. The maximum atomic E-state index is 14.0. The molecule has 4 atom stereocenters. The van der Waals surface area contributed by atoms with Gasteiger partial charge in [0.15, 0.2) is 0 Å². The fraction of sp³-hybridized carbons (Fsp3) is 0.567. The van der Waals surface area contributed by atoms with Crippen LogP contribution >= 0.6 is 11.3 Å². The van der Waals surface area contributed by atoms with Crippen molar-refractivity contribution in [3.63, 3.8) is 0 Å². The Morgan fingerprint density at radius 3 is 2.37 bits per heavy atom. The minimum absolute atomic E-state index is 0.0104. The second-order valence-electron chi connectivity index (χ2n) is 12.0. The van der Waals surface area contributed by atoms with Crippen LogP contribution < -0.4 is 16.8 Å². The third-order valence-electron chi connectivity index (χ3n) is 7.70. The highest BCUT2D eigenvalue weighted by molar-refractivity contribution is 7.13. The van der Waals surface area contributed by atoms with E-state index in [0.717, 1.165) is 21.7 Å². The molecule has 3 rings (SSSR count). The average Bonchev–Trinajstić information content (AvgIpc) is 3.50. The van der Waals surface area contributed by atoms with Gasteiger partial charge in [0.1, 0.15) is 6.04 Å². The number of nitrogens with one attached hydrogen (secondary N) is 1. The van der Waals surface area contributed by atoms with Gasteiger partial charge in [-0.2, -0.15) is 0 Å². The number of β-amino-alcohol motifs (C(OH)–C–C–N with tert-alkyl or cyclic N) is 1. The van der Waals surface area contributed by atoms with Gasteiger partial charge >= 0.3 is 0 Å². The van der Waals surface area contributed by atoms with Gasteiger partial charge in [0.2, 0.25) is 23.6 Å². The summed E-state index contributed by atoms with van der Waals surface area (Å²) in [7, 11) is 0. The first kappa shape index (κ1) is 32.2. The number of aromatic nitrogens is 1. The topological polar surface area (TPSA) is 169 Å². The molecule has 1 aliphatic rings. The highest BCUT2D eigenvalue weighted by atomic mass is 32.1. The van der Waals surface area contributed by atoms with Crippen LogP contribution in [0, 0.1) is 24.2 Å². The number of aliphatic hydroxyl groups is 1. The van der Waals surface area contributed by atoms with Crippen molar-refractivity contribution in [1.29, 1.82) is 0 Å². The molecule has 10 nitrogen and oxygen atoms in total. The molecule has 1 aromatic heterocycles. The van der Waals surface area contributed by atoms with Crippen molar-refractivity contribution in [1.82, 2.24) is 15.2 Å². The first-order chi connectivity index (χ1) is 19.3. The third-order valence-corrected chi connectivity index (χ3v) is 8.68. The lowest BCUT2D eigenvalue weighted by Crippen LogP contribution is -2.52. The molecular formula is C30H43N5O5S. The Balaban J connectivity index is 1.69. The summed E-state index contributed by atoms with van der Waals surface area (Å²) in [6.07, 6.45) is 1.80. The predicted octanol–water partition coefficient (Wildman–Crippen LogP) is 2.90. The number of amides is 4. The van der Waals surface area contributed by atoms with E-state index in [1.807, 2.05) is 57.5 Å². The molecule has 2 aromatic rings. The fourth-order valence-corrected chi connectivity index (χ4v) is 6.42. The third kappa shape index (κ3) is 8.59. The Bertz CT molecular complexity index is 1220. The van der Waals surface area contributed by atoms with Crippen molar-refractivity contribution in [2.24, 2.45) is 28.7 Å². The molecule has 0 radical (unpaired) electrons. The molecule has 0 saturated carbocycles. The molecule has 11 heteroatoms. The molecule has 224 valence electrons. The second kappa shape index (κ2) is 14.0. The highest BCUT2D eigenvalue weighted by Gasteiger charge is 2.47. The van der Waals surface area contributed by atoms with Crippen LogP contribution in [0.1, 0.15) is 70.6 Å². The highest BCUT2D eigenvalue weighted by Crippen LogP contribution is 2.38. The monoisotopic (exact) mass is 585 g/mol. The number of aryl methyl sites for hydroxylation is 1. The van der Waals surface area contributed by atoms with Crippen LogP contribution in [-0.4, -0.2) is 57.3 Å². The zero-order valence-corrected chi connectivity index (χ0v) is 25.2. The summed E-state index contributed by atoms with van der Waals surface area (Å²) in [5.74, 6) is -3.20. The predicted molar refractivity (Wildman–Crippen MR) is 158 cm³/mol. The number of rotatable bonds is 13. The van der Waals surface area contributed by atoms with Gasteiger partial charge in [0.05, 0.1) is 28.1 Å². The van der Waals surface area contributed by atoms with Crippen LogP contribution in [0.25, 0.3) is 10.4 Å². The maximum Gasteiger partial charge on any atom is 0.243 e. The summed E-state index contributed by atoms with van der Waals surface area (Å²) >= 11 is 1.57. The van der Waals surface area contributed by atoms with Crippen LogP contribution in [0.4, 0.5) is 0 Å². The van der Waals surface area contributed by atoms with Gasteiger partial charge in [-0.05, 0) is 36.3 Å². The number of nitrogens with two attached hydrogens (primary N) is 2. The number of thiazole rings is 1. The number of nitrogens with zero attached hydrogens (tertiary/aromatic N) is 2. The molecule has 1 aromatic carbocycles. The van der Waals surface area contributed by atoms with E-state index >= 15 is 0 Å². The van der Waals surface area contributed by atoms with E-state index in [4.69, 9.17) is 11.5 Å². The molecule has 1 saturated heterocycles. The number of benzene rings is 1. The van der Waals surface area contributed by atoms with Crippen molar-refractivity contribution in [3.05, 3.63) is 41.0 Å². The zero-order chi connectivity index (χ0) is 30.3. The summed E-state index contributed by atoms with van der Waals surface area (Å²) in [5.41, 5.74) is 15.1. The van der Waals surface area contributed by atoms with E-state index in [-0.39, 0.29) is 43.7 Å². The van der Waals surface area contributed by atoms with Gasteiger partial charge < -0.3 is 26.8 Å². The SMILES string of the molecule is Cc1ncsc1-c1ccc(CNC(=O)[C@@H]2C[C@@H](O)CN2C(=O)[C@@H](C(CCCCCC(N)=O)C(N)=O)C(C)(C)C)cc1. The van der Waals surface area contributed by atoms with Crippen molar-refractivity contribution in [3.8, 4) is 10.4 Å². The first-order valence-electron chi connectivity index (χ1n) is 14.1. The molecule has 0 bridgehead atoms. The maximum absolute atomic E-state index is 14.0. The summed E-state index contributed by atoms with van der Waals surface area (Å²) in [6.45, 7) is 7.86. The number of carbonyl (C=O) groups excluding carboxylic acids is 4. The molecule has 6 N–H and O–H groups in total. The van der Waals surface area contributed by atoms with Gasteiger partial charge in [-0.25, -0.2) is 4.98 Å². The Morgan fingerprint density at radius 2 is 1.80 bits per heavy atom. The van der Waals surface area contributed by atoms with E-state index in [1.54, 1.807) is 11.3 Å². The van der Waals surface area contributed by atoms with E-state index in [1.165, 1.54) is 4.90 Å². The molecule has 1 fully saturated rings. The molecule has 1 aliphatic heterocycles. The Labute approximate surface area is 245 Å². The van der Waals surface area contributed by atoms with Gasteiger partial charge in [0, 0.05) is 31.8 Å². The van der Waals surface area contributed by atoms with Crippen molar-refractivity contribution < 1.29 is 24.3 Å². The van der Waals surface area contributed by atoms with E-state index < -0.39 is 35.3 Å². The fourth-order valence-electron chi connectivity index (χ4n) is 5.60. The molecule has 4 amide bonds. The summed E-state index contributed by atoms with van der Waals surface area (Å²) < 4.78 is 0. The number of hydrogen-bond donors (Lipinski definition) is 4. The second-order valence-corrected chi connectivity index (χ2v) is 12.9. The summed E-state index contributed by atoms with van der Waals surface area (Å²) in [6, 6.07) is 7.01. The quantitative estimate of drug-likeness (QED) is 0.264. The van der Waals surface area contributed by atoms with Crippen LogP contribution in [0.5, 0.6) is 0 Å². The van der Waals surface area contributed by atoms with Crippen molar-refractivity contribution in [2.45, 2.75) is 84.9 Å². The van der Waals surface area contributed by atoms with Crippen molar-refractivity contribution in [2.75, 3.05) is 6.54 Å². The lowest BCUT2D eigenvalue weighted by atomic mass is 9.70. The van der Waals surface area contributed by atoms with Crippen LogP contribution in [0.3, 0.4) is 0 Å². The average molecular weight is 586 g/mol. The van der Waals surface area contributed by atoms with E-state index in [0.29, 0.717) is 25.7 Å². The number of aliphatic hydroxyl groups excluding tert-OH is 1. The van der Waals surface area contributed by atoms with Gasteiger partial charge in [-0.15, -0.1) is 11.3 Å². The molecular weight excluding hydrogens is 542 g/mol. The Morgan fingerprint density at radius 1 is 1.12 bits per heavy atom. The Kier molecular flexibility index (Phi) is 11.0. The van der Waals surface area contributed by atoms with E-state index in [9.17, 15) is 24.3 Å². The first-order valence-corrected chi connectivity index (χ1v) is 15.0. The van der Waals surface area contributed by atoms with Gasteiger partial charge in [0.25, 0.3) is 0 Å². The van der Waals surface area contributed by atoms with Crippen LogP contribution in [-0.2, 0) is 25.7 Å². The largest absolute Gasteiger partial charge is 0.391 e. The number of carbonyl (C=O) groups is 4. The minimum Gasteiger partial charge on any atom is -0.391 e. The van der Waals surface area contributed by atoms with Crippen LogP contribution in [0.15, 0.2) is 29.8 Å². The summed E-state index contributed by atoms with van der Waals surface area (Å²) in [5, 5.41) is 13.4. The van der Waals surface area contributed by atoms with Crippen LogP contribution in [0.2, 0.25) is 0 Å². The smallest absolute Gasteiger partial charge is 0.243 e. The lowest BCUT2D eigenvalue weighted by molar-refractivity contribution is -0.149. The number of unbranched alkanes of at least 4 members (excludes halogenated alkanes) is 2. The van der Waals surface area contributed by atoms with Crippen molar-refractivity contribution >= 4 is 35.0 Å². The number of likely N-dealkylation sites (tertiary alicyclic amines) is 1. The molecule has 0 aliphatic carbocycles. The summed E-state index contributed by atoms with van der Waals surface area (Å²) in [4.78, 5) is 57.7. The lowest BCUT2D eigenvalue weighted by Gasteiger charge is -2.38. The van der Waals surface area contributed by atoms with E-state index in [2.05, 4.69) is 10.3 Å². The molecule has 1 unspecified atom stereocenters.